The van der Waals surface area contributed by atoms with Gasteiger partial charge in [0, 0.05) is 17.5 Å². The zero-order chi connectivity index (χ0) is 40.7. The predicted octanol–water partition coefficient (Wildman–Crippen LogP) is 0.454. The van der Waals surface area contributed by atoms with Gasteiger partial charge in [0.1, 0.15) is 28.7 Å². The van der Waals surface area contributed by atoms with Gasteiger partial charge < -0.3 is 89.1 Å². The van der Waals surface area contributed by atoms with Gasteiger partial charge in [-0.25, -0.2) is 19.2 Å². The smallest absolute Gasteiger partial charge is 0.348 e. The Labute approximate surface area is 306 Å². The molecule has 2 aromatic heterocycles. The van der Waals surface area contributed by atoms with Gasteiger partial charge in [0.25, 0.3) is 0 Å². The molecule has 1 aliphatic rings. The zero-order valence-corrected chi connectivity index (χ0v) is 27.4. The largest absolute Gasteiger partial charge is 0.504 e. The van der Waals surface area contributed by atoms with Crippen LogP contribution in [0, 0.1) is 0 Å². The maximum atomic E-state index is 13.7. The lowest BCUT2D eigenvalue weighted by Gasteiger charge is -2.41. The molecule has 3 heterocycles. The number of phenols is 9. The number of esters is 2. The fraction of sp³-hybridized carbons (Fsp3) is 0.176. The molecule has 0 spiro atoms. The van der Waals surface area contributed by atoms with Crippen molar-refractivity contribution in [3.8, 4) is 63.2 Å². The van der Waals surface area contributed by atoms with E-state index in [0.717, 1.165) is 12.1 Å². The van der Waals surface area contributed by atoms with E-state index >= 15 is 0 Å². The van der Waals surface area contributed by atoms with Crippen LogP contribution in [0.5, 0.6) is 63.2 Å². The zero-order valence-electron chi connectivity index (χ0n) is 27.4. The molecule has 4 aromatic carbocycles. The van der Waals surface area contributed by atoms with Crippen molar-refractivity contribution < 1.29 is 98.6 Å². The Morgan fingerprint density at radius 2 is 1.27 bits per heavy atom. The van der Waals surface area contributed by atoms with Gasteiger partial charge in [-0.15, -0.1) is 0 Å². The summed E-state index contributed by atoms with van der Waals surface area (Å²) >= 11 is 0. The fourth-order valence-electron chi connectivity index (χ4n) is 6.08. The van der Waals surface area contributed by atoms with Crippen LogP contribution in [0.1, 0.15) is 20.7 Å². The molecule has 0 aliphatic carbocycles. The van der Waals surface area contributed by atoms with Crippen LogP contribution in [0.25, 0.3) is 32.7 Å². The third-order valence-corrected chi connectivity index (χ3v) is 8.78. The highest BCUT2D eigenvalue weighted by Crippen LogP contribution is 2.50. The van der Waals surface area contributed by atoms with E-state index in [0.29, 0.717) is 18.2 Å². The molecular formula is C34H24O22. The number of benzene rings is 4. The van der Waals surface area contributed by atoms with Crippen molar-refractivity contribution in [2.75, 3.05) is 6.61 Å². The molecule has 0 bridgehead atoms. The molecule has 12 N–H and O–H groups in total. The Kier molecular flexibility index (Phi) is 8.69. The molecule has 0 amide bonds. The van der Waals surface area contributed by atoms with E-state index in [4.69, 9.17) is 27.8 Å². The normalized spacial score (nSPS) is 19.7. The molecule has 0 saturated carbocycles. The van der Waals surface area contributed by atoms with Crippen LogP contribution in [0.3, 0.4) is 0 Å². The van der Waals surface area contributed by atoms with Crippen molar-refractivity contribution >= 4 is 44.6 Å². The van der Waals surface area contributed by atoms with Crippen molar-refractivity contribution in [3.63, 3.8) is 0 Å². The molecule has 6 aromatic rings. The van der Waals surface area contributed by atoms with Crippen LogP contribution < -0.4 is 16.0 Å². The van der Waals surface area contributed by atoms with E-state index in [-0.39, 0.29) is 10.8 Å². The molecular weight excluding hydrogens is 760 g/mol. The SMILES string of the molecule is O=C(OC1C(O)C(CO)OC(O)C1OC(=O)c1cc(O)c(O)c(O)c1Oc1cc2oc(=O)c3c(O)c(O)cc4c(=O)oc(c1O)c2c43)c1cc(O)c(O)c(O)c1. The minimum Gasteiger partial charge on any atom is -0.504 e. The summed E-state index contributed by atoms with van der Waals surface area (Å²) < 4.78 is 31.5. The molecule has 0 radical (unpaired) electrons. The molecule has 292 valence electrons. The Morgan fingerprint density at radius 3 is 1.93 bits per heavy atom. The minimum atomic E-state index is -2.31. The maximum Gasteiger partial charge on any atom is 0.348 e. The highest BCUT2D eigenvalue weighted by atomic mass is 16.7. The summed E-state index contributed by atoms with van der Waals surface area (Å²) in [5.74, 6) is -14.9. The van der Waals surface area contributed by atoms with Crippen LogP contribution in [0.4, 0.5) is 0 Å². The summed E-state index contributed by atoms with van der Waals surface area (Å²) in [6.07, 6.45) is -10.4. The average Bonchev–Trinajstić information content (AvgIpc) is 3.15. The lowest BCUT2D eigenvalue weighted by atomic mass is 9.98. The van der Waals surface area contributed by atoms with Crippen molar-refractivity contribution in [2.24, 2.45) is 0 Å². The van der Waals surface area contributed by atoms with Crippen LogP contribution in [0.2, 0.25) is 0 Å². The van der Waals surface area contributed by atoms with Crippen molar-refractivity contribution in [1.82, 2.24) is 0 Å². The number of hydrogen-bond acceptors (Lipinski definition) is 22. The molecule has 56 heavy (non-hydrogen) atoms. The lowest BCUT2D eigenvalue weighted by molar-refractivity contribution is -0.285. The molecule has 1 saturated heterocycles. The van der Waals surface area contributed by atoms with Crippen LogP contribution in [0.15, 0.2) is 48.8 Å². The van der Waals surface area contributed by atoms with E-state index < -0.39 is 157 Å². The highest BCUT2D eigenvalue weighted by Gasteiger charge is 2.50. The molecule has 22 heteroatoms. The van der Waals surface area contributed by atoms with Crippen LogP contribution in [-0.2, 0) is 14.2 Å². The topological polar surface area (TPSA) is 374 Å². The first kappa shape index (κ1) is 36.9. The first-order valence-electron chi connectivity index (χ1n) is 15.6. The van der Waals surface area contributed by atoms with E-state index in [1.807, 2.05) is 0 Å². The van der Waals surface area contributed by atoms with Gasteiger partial charge in [0.15, 0.2) is 70.1 Å². The second-order valence-corrected chi connectivity index (χ2v) is 12.2. The number of aliphatic hydroxyl groups is 3. The number of hydrogen-bond donors (Lipinski definition) is 12. The summed E-state index contributed by atoms with van der Waals surface area (Å²) in [5, 5.41) is 122. The van der Waals surface area contributed by atoms with E-state index in [1.165, 1.54) is 0 Å². The quantitative estimate of drug-likeness (QED) is 0.0452. The molecule has 1 fully saturated rings. The Morgan fingerprint density at radius 1 is 0.643 bits per heavy atom. The fourth-order valence-corrected chi connectivity index (χ4v) is 6.08. The first-order valence-corrected chi connectivity index (χ1v) is 15.6. The van der Waals surface area contributed by atoms with Gasteiger partial charge in [-0.2, -0.15) is 0 Å². The molecule has 5 unspecified atom stereocenters. The highest BCUT2D eigenvalue weighted by molar-refractivity contribution is 6.22. The van der Waals surface area contributed by atoms with Gasteiger partial charge >= 0.3 is 23.2 Å². The van der Waals surface area contributed by atoms with E-state index in [1.54, 1.807) is 0 Å². The summed E-state index contributed by atoms with van der Waals surface area (Å²) in [4.78, 5) is 52.5. The third kappa shape index (κ3) is 5.68. The van der Waals surface area contributed by atoms with E-state index in [2.05, 4.69) is 0 Å². The van der Waals surface area contributed by atoms with Crippen molar-refractivity contribution in [3.05, 3.63) is 62.3 Å². The molecule has 1 aliphatic heterocycles. The number of ether oxygens (including phenoxy) is 4. The number of aromatic hydroxyl groups is 9. The number of phenolic OH excluding ortho intramolecular Hbond substituents is 9. The van der Waals surface area contributed by atoms with Crippen LogP contribution >= 0.6 is 0 Å². The van der Waals surface area contributed by atoms with E-state index in [9.17, 15) is 80.5 Å². The standard InChI is InChI=1S/C34H24O22/c35-6-16-24(44)28(55-30(46)7-1-10(36)20(40)11(37)2-7)29(34(50)53-16)56-32(48)9-4-13(39)22(42)25(45)26(9)51-15-5-14-18-17-8(31(47)54-27(18)23(15)43)3-12(38)21(41)19(17)33(49)52-14/h1-5,16,24,28-29,34-45,50H,6H2. The van der Waals surface area contributed by atoms with Gasteiger partial charge in [-0.3, -0.25) is 0 Å². The van der Waals surface area contributed by atoms with Gasteiger partial charge in [-0.05, 0) is 18.2 Å². The summed E-state index contributed by atoms with van der Waals surface area (Å²) in [7, 11) is 0. The molecule has 22 nitrogen and oxygen atoms in total. The Bertz CT molecular complexity index is 2710. The first-order chi connectivity index (χ1) is 26.4. The summed E-state index contributed by atoms with van der Waals surface area (Å²) in [5.41, 5.74) is -5.42. The number of rotatable bonds is 7. The number of aliphatic hydroxyl groups excluding tert-OH is 3. The molecule has 7 rings (SSSR count). The summed E-state index contributed by atoms with van der Waals surface area (Å²) in [6.45, 7) is -0.987. The summed E-state index contributed by atoms with van der Waals surface area (Å²) in [6, 6.07) is 3.33. The Hall–Kier alpha value is -7.40. The average molecular weight is 785 g/mol. The monoisotopic (exact) mass is 784 g/mol. The Balaban J connectivity index is 1.29. The van der Waals surface area contributed by atoms with Crippen molar-refractivity contribution in [2.45, 2.75) is 30.7 Å². The predicted molar refractivity (Wildman–Crippen MR) is 178 cm³/mol. The van der Waals surface area contributed by atoms with Crippen molar-refractivity contribution in [1.29, 1.82) is 0 Å². The second-order valence-electron chi connectivity index (χ2n) is 12.2. The number of carbonyl (C=O) groups excluding carboxylic acids is 2. The van der Waals surface area contributed by atoms with Gasteiger partial charge in [0.2, 0.25) is 17.2 Å². The second kappa shape index (κ2) is 13.2. The third-order valence-electron chi connectivity index (χ3n) is 8.78. The molecule has 5 atom stereocenters. The minimum absolute atomic E-state index is 0.281. The maximum absolute atomic E-state index is 13.7. The number of carbonyl (C=O) groups is 2. The lowest BCUT2D eigenvalue weighted by Crippen LogP contribution is -2.61. The van der Waals surface area contributed by atoms with Gasteiger partial charge in [0.05, 0.1) is 22.9 Å². The van der Waals surface area contributed by atoms with Gasteiger partial charge in [-0.1, -0.05) is 0 Å². The van der Waals surface area contributed by atoms with Crippen LogP contribution in [-0.4, -0.2) is 111 Å².